The van der Waals surface area contributed by atoms with Gasteiger partial charge in [-0.1, -0.05) is 42.1 Å². The molecule has 1 fully saturated rings. The summed E-state index contributed by atoms with van der Waals surface area (Å²) in [5.41, 5.74) is 0.904. The molecule has 1 N–H and O–H groups in total. The van der Waals surface area contributed by atoms with E-state index in [2.05, 4.69) is 4.98 Å². The van der Waals surface area contributed by atoms with E-state index in [1.807, 2.05) is 37.3 Å². The molecule has 2 heterocycles. The highest BCUT2D eigenvalue weighted by Crippen LogP contribution is 2.35. The van der Waals surface area contributed by atoms with Crippen LogP contribution < -0.4 is 0 Å². The first-order chi connectivity index (χ1) is 12.0. The molecule has 0 bridgehead atoms. The maximum atomic E-state index is 12.7. The third-order valence-electron chi connectivity index (χ3n) is 4.07. The molecule has 3 rings (SSSR count). The van der Waals surface area contributed by atoms with E-state index >= 15 is 0 Å². The van der Waals surface area contributed by atoms with E-state index in [1.165, 1.54) is 23.2 Å². The molecule has 0 saturated carbocycles. The number of aromatic carboxylic acids is 1. The second kappa shape index (κ2) is 7.06. The summed E-state index contributed by atoms with van der Waals surface area (Å²) in [5.74, 6) is -1.68. The van der Waals surface area contributed by atoms with Crippen LogP contribution in [0.5, 0.6) is 0 Å². The van der Waals surface area contributed by atoms with Crippen molar-refractivity contribution >= 4 is 29.5 Å². The molecule has 0 radical (unpaired) electrons. The van der Waals surface area contributed by atoms with E-state index in [0.29, 0.717) is 0 Å². The lowest BCUT2D eigenvalue weighted by molar-refractivity contribution is -0.140. The van der Waals surface area contributed by atoms with Crippen LogP contribution in [0.1, 0.15) is 35.3 Å². The van der Waals surface area contributed by atoms with Crippen LogP contribution in [0.2, 0.25) is 0 Å². The Kier molecular flexibility index (Phi) is 4.85. The maximum absolute atomic E-state index is 12.7. The molecule has 1 aromatic heterocycles. The van der Waals surface area contributed by atoms with Crippen molar-refractivity contribution in [3.63, 3.8) is 0 Å². The molecular formula is C18H16N2O4S. The maximum Gasteiger partial charge on any atom is 0.338 e. The Bertz CT molecular complexity index is 825. The minimum Gasteiger partial charge on any atom is -0.478 e. The van der Waals surface area contributed by atoms with Crippen molar-refractivity contribution in [2.24, 2.45) is 0 Å². The Morgan fingerprint density at radius 3 is 2.64 bits per heavy atom. The molecule has 0 aliphatic carbocycles. The monoisotopic (exact) mass is 356 g/mol. The fourth-order valence-electron chi connectivity index (χ4n) is 2.78. The van der Waals surface area contributed by atoms with Crippen molar-refractivity contribution in [3.8, 4) is 0 Å². The molecule has 1 aromatic carbocycles. The first-order valence-corrected chi connectivity index (χ1v) is 8.63. The molecule has 2 amide bonds. The van der Waals surface area contributed by atoms with Crippen molar-refractivity contribution in [1.29, 1.82) is 0 Å². The van der Waals surface area contributed by atoms with Crippen LogP contribution in [0.4, 0.5) is 0 Å². The Morgan fingerprint density at radius 1 is 1.24 bits per heavy atom. The van der Waals surface area contributed by atoms with Gasteiger partial charge in [0.1, 0.15) is 5.03 Å². The Balaban J connectivity index is 1.81. The Morgan fingerprint density at radius 2 is 1.96 bits per heavy atom. The number of carboxylic acid groups (broad SMARTS) is 1. The fraction of sp³-hybridized carbons (Fsp3) is 0.222. The molecule has 6 nitrogen and oxygen atoms in total. The van der Waals surface area contributed by atoms with E-state index in [9.17, 15) is 19.5 Å². The number of amides is 2. The molecule has 0 spiro atoms. The average Bonchev–Trinajstić information content (AvgIpc) is 2.89. The smallest absolute Gasteiger partial charge is 0.338 e. The predicted molar refractivity (Wildman–Crippen MR) is 92.2 cm³/mol. The summed E-state index contributed by atoms with van der Waals surface area (Å²) in [7, 11) is 0. The van der Waals surface area contributed by atoms with Crippen molar-refractivity contribution in [1.82, 2.24) is 9.88 Å². The van der Waals surface area contributed by atoms with Crippen LogP contribution in [0.25, 0.3) is 0 Å². The van der Waals surface area contributed by atoms with E-state index in [1.54, 1.807) is 0 Å². The van der Waals surface area contributed by atoms with Gasteiger partial charge in [0.15, 0.2) is 0 Å². The van der Waals surface area contributed by atoms with Gasteiger partial charge in [-0.2, -0.15) is 0 Å². The molecule has 128 valence electrons. The van der Waals surface area contributed by atoms with Crippen LogP contribution in [-0.4, -0.2) is 38.0 Å². The Labute approximate surface area is 148 Å². The van der Waals surface area contributed by atoms with E-state index in [-0.39, 0.29) is 34.9 Å². The number of aromatic nitrogens is 1. The van der Waals surface area contributed by atoms with Gasteiger partial charge in [-0.3, -0.25) is 14.5 Å². The lowest BCUT2D eigenvalue weighted by Gasteiger charge is -2.23. The molecule has 2 aromatic rings. The van der Waals surface area contributed by atoms with Gasteiger partial charge in [0, 0.05) is 12.6 Å². The first kappa shape index (κ1) is 17.2. The lowest BCUT2D eigenvalue weighted by atomic mass is 10.1. The summed E-state index contributed by atoms with van der Waals surface area (Å²) in [6.45, 7) is 1.81. The second-order valence-corrected chi connectivity index (χ2v) is 6.85. The van der Waals surface area contributed by atoms with Crippen LogP contribution in [0, 0.1) is 0 Å². The number of nitrogens with zero attached hydrogens (tertiary/aromatic N) is 2. The van der Waals surface area contributed by atoms with Crippen molar-refractivity contribution in [2.45, 2.75) is 29.7 Å². The number of carbonyl (C=O) groups excluding carboxylic acids is 2. The number of carboxylic acids is 1. The summed E-state index contributed by atoms with van der Waals surface area (Å²) >= 11 is 1.03. The largest absolute Gasteiger partial charge is 0.478 e. The zero-order valence-electron chi connectivity index (χ0n) is 13.5. The summed E-state index contributed by atoms with van der Waals surface area (Å²) in [4.78, 5) is 41.7. The van der Waals surface area contributed by atoms with Crippen LogP contribution in [-0.2, 0) is 9.59 Å². The highest BCUT2D eigenvalue weighted by molar-refractivity contribution is 8.00. The van der Waals surface area contributed by atoms with Crippen molar-refractivity contribution in [2.75, 3.05) is 0 Å². The van der Waals surface area contributed by atoms with E-state index in [0.717, 1.165) is 17.3 Å². The number of rotatable bonds is 5. The second-order valence-electron chi connectivity index (χ2n) is 5.66. The molecule has 25 heavy (non-hydrogen) atoms. The summed E-state index contributed by atoms with van der Waals surface area (Å²) in [5, 5.41) is 8.82. The van der Waals surface area contributed by atoms with Crippen LogP contribution in [0.3, 0.4) is 0 Å². The summed E-state index contributed by atoms with van der Waals surface area (Å²) in [6.07, 6.45) is 1.51. The minimum absolute atomic E-state index is 0.0299. The quantitative estimate of drug-likeness (QED) is 0.829. The molecule has 2 atom stereocenters. The SMILES string of the molecule is C[C@H](c1ccccc1)N1C(=O)C[C@@H](Sc2ncccc2C(=O)O)C1=O. The Hall–Kier alpha value is -2.67. The molecular weight excluding hydrogens is 340 g/mol. The van der Waals surface area contributed by atoms with Gasteiger partial charge in [0.05, 0.1) is 16.9 Å². The molecule has 1 aliphatic rings. The zero-order valence-corrected chi connectivity index (χ0v) is 14.3. The number of thioether (sulfide) groups is 1. The van der Waals surface area contributed by atoms with E-state index < -0.39 is 11.2 Å². The average molecular weight is 356 g/mol. The fourth-order valence-corrected chi connectivity index (χ4v) is 3.90. The summed E-state index contributed by atoms with van der Waals surface area (Å²) in [6, 6.07) is 11.9. The van der Waals surface area contributed by atoms with Gasteiger partial charge in [-0.15, -0.1) is 0 Å². The topological polar surface area (TPSA) is 87.6 Å². The molecule has 1 saturated heterocycles. The van der Waals surface area contributed by atoms with Gasteiger partial charge in [0.25, 0.3) is 0 Å². The van der Waals surface area contributed by atoms with Crippen LogP contribution in [0.15, 0.2) is 53.7 Å². The first-order valence-electron chi connectivity index (χ1n) is 7.75. The molecule has 1 aliphatic heterocycles. The number of benzene rings is 1. The normalized spacial score (nSPS) is 18.4. The lowest BCUT2D eigenvalue weighted by Crippen LogP contribution is -2.33. The van der Waals surface area contributed by atoms with Gasteiger partial charge in [-0.25, -0.2) is 9.78 Å². The highest BCUT2D eigenvalue weighted by Gasteiger charge is 2.42. The van der Waals surface area contributed by atoms with Gasteiger partial charge in [-0.05, 0) is 24.6 Å². The van der Waals surface area contributed by atoms with E-state index in [4.69, 9.17) is 0 Å². The number of carbonyl (C=O) groups is 3. The number of pyridine rings is 1. The number of hydrogen-bond donors (Lipinski definition) is 1. The van der Waals surface area contributed by atoms with Gasteiger partial charge < -0.3 is 5.11 Å². The third kappa shape index (κ3) is 3.41. The zero-order chi connectivity index (χ0) is 18.0. The van der Waals surface area contributed by atoms with Crippen molar-refractivity contribution < 1.29 is 19.5 Å². The molecule has 0 unspecified atom stereocenters. The minimum atomic E-state index is -1.11. The standard InChI is InChI=1S/C18H16N2O4S/c1-11(12-6-3-2-4-7-12)20-15(21)10-14(17(20)22)25-16-13(18(23)24)8-5-9-19-16/h2-9,11,14H,10H2,1H3,(H,23,24)/t11-,14-/m1/s1. The highest BCUT2D eigenvalue weighted by atomic mass is 32.2. The van der Waals surface area contributed by atoms with Gasteiger partial charge >= 0.3 is 5.97 Å². The van der Waals surface area contributed by atoms with Crippen LogP contribution >= 0.6 is 11.8 Å². The predicted octanol–water partition coefficient (Wildman–Crippen LogP) is 2.76. The van der Waals surface area contributed by atoms with Gasteiger partial charge in [0.2, 0.25) is 11.8 Å². The van der Waals surface area contributed by atoms with Crippen molar-refractivity contribution in [3.05, 3.63) is 59.8 Å². The number of likely N-dealkylation sites (tertiary alicyclic amines) is 1. The molecule has 7 heteroatoms. The number of hydrogen-bond acceptors (Lipinski definition) is 5. The summed E-state index contributed by atoms with van der Waals surface area (Å²) < 4.78 is 0. The number of imide groups is 1. The third-order valence-corrected chi connectivity index (χ3v) is 5.27.